The normalized spacial score (nSPS) is 11.1. The number of hydrogen-bond donors (Lipinski definition) is 0. The van der Waals surface area contributed by atoms with E-state index in [0.717, 1.165) is 63.5 Å². The van der Waals surface area contributed by atoms with Crippen molar-refractivity contribution in [3.63, 3.8) is 0 Å². The van der Waals surface area contributed by atoms with Gasteiger partial charge in [-0.05, 0) is 67.4 Å². The molecule has 0 spiro atoms. The summed E-state index contributed by atoms with van der Waals surface area (Å²) in [6.07, 6.45) is 12.3. The number of carbonyl (C=O) groups is 2. The molecule has 0 atom stereocenters. The Kier molecular flexibility index (Phi) is 19.2. The number of unbranched alkanes of at least 4 members (excludes halogenated alkanes) is 10. The number of hydrogen-bond acceptors (Lipinski definition) is 7. The first kappa shape index (κ1) is 41.5. The van der Waals surface area contributed by atoms with E-state index in [4.69, 9.17) is 9.47 Å². The van der Waals surface area contributed by atoms with Crippen LogP contribution in [0.5, 0.6) is 0 Å². The topological polar surface area (TPSA) is 110 Å². The van der Waals surface area contributed by atoms with E-state index in [1.165, 1.54) is 33.6 Å². The van der Waals surface area contributed by atoms with Gasteiger partial charge >= 0.3 is 11.9 Å². The molecule has 4 aromatic rings. The molecular formula is C42H52O7S2. The van der Waals surface area contributed by atoms with Crippen molar-refractivity contribution in [3.05, 3.63) is 120 Å². The molecule has 9 heteroatoms. The number of carbonyl (C=O) groups excluding carboxylic acids is 2. The van der Waals surface area contributed by atoms with Gasteiger partial charge in [0.15, 0.2) is 14.7 Å². The molecule has 4 aromatic carbocycles. The van der Waals surface area contributed by atoms with Crippen LogP contribution < -0.4 is 0 Å². The van der Waals surface area contributed by atoms with Gasteiger partial charge in [0.05, 0.1) is 40.1 Å². The molecule has 0 unspecified atom stereocenters. The van der Waals surface area contributed by atoms with Gasteiger partial charge in [-0.15, -0.1) is 0 Å². The summed E-state index contributed by atoms with van der Waals surface area (Å²) in [5, 5.41) is 0. The third-order valence-corrected chi connectivity index (χ3v) is 11.1. The fourth-order valence-electron chi connectivity index (χ4n) is 5.32. The van der Waals surface area contributed by atoms with Gasteiger partial charge < -0.3 is 14.0 Å². The lowest BCUT2D eigenvalue weighted by Crippen LogP contribution is -2.13. The van der Waals surface area contributed by atoms with Gasteiger partial charge in [-0.2, -0.15) is 0 Å². The van der Waals surface area contributed by atoms with Crippen molar-refractivity contribution in [2.24, 2.45) is 0 Å². The van der Waals surface area contributed by atoms with Crippen molar-refractivity contribution in [2.75, 3.05) is 13.2 Å². The summed E-state index contributed by atoms with van der Waals surface area (Å²) >= 11 is 0. The van der Waals surface area contributed by atoms with Crippen molar-refractivity contribution < 1.29 is 32.0 Å². The maximum atomic E-state index is 12.3. The van der Waals surface area contributed by atoms with E-state index in [1.807, 2.05) is 0 Å². The summed E-state index contributed by atoms with van der Waals surface area (Å²) in [6.45, 7) is 4.65. The molecule has 0 aliphatic heterocycles. The van der Waals surface area contributed by atoms with Gasteiger partial charge in [0.2, 0.25) is 0 Å². The molecule has 51 heavy (non-hydrogen) atoms. The summed E-state index contributed by atoms with van der Waals surface area (Å²) in [7, 11) is -4.87. The predicted octanol–water partition coefficient (Wildman–Crippen LogP) is 10.4. The molecule has 274 valence electrons. The molecular weight excluding hydrogens is 681 g/mol. The van der Waals surface area contributed by atoms with Crippen molar-refractivity contribution in [1.82, 2.24) is 0 Å². The summed E-state index contributed by atoms with van der Waals surface area (Å²) in [5.41, 5.74) is -0.307. The van der Waals surface area contributed by atoms with Crippen LogP contribution in [0.3, 0.4) is 0 Å². The largest absolute Gasteiger partial charge is 0.744 e. The molecule has 7 nitrogen and oxygen atoms in total. The van der Waals surface area contributed by atoms with Crippen LogP contribution in [0, 0.1) is 0 Å². The minimum Gasteiger partial charge on any atom is -0.744 e. The molecule has 0 amide bonds. The molecule has 0 heterocycles. The maximum absolute atomic E-state index is 12.3. The summed E-state index contributed by atoms with van der Waals surface area (Å²) in [6, 6.07) is 35.2. The van der Waals surface area contributed by atoms with Crippen LogP contribution in [-0.4, -0.2) is 38.1 Å². The second kappa shape index (κ2) is 23.5. The Balaban J connectivity index is 0.000000310. The lowest BCUT2D eigenvalue weighted by molar-refractivity contribution is 0.0495. The first-order chi connectivity index (χ1) is 24.7. The van der Waals surface area contributed by atoms with Crippen LogP contribution in [0.4, 0.5) is 0 Å². The number of ether oxygens (including phenoxy) is 2. The van der Waals surface area contributed by atoms with Crippen LogP contribution in [0.1, 0.15) is 112 Å². The summed E-state index contributed by atoms with van der Waals surface area (Å²) < 4.78 is 44.9. The van der Waals surface area contributed by atoms with Crippen molar-refractivity contribution in [2.45, 2.75) is 110 Å². The van der Waals surface area contributed by atoms with Crippen LogP contribution in [0.2, 0.25) is 0 Å². The average molecular weight is 733 g/mol. The quantitative estimate of drug-likeness (QED) is 0.0385. The third-order valence-electron chi connectivity index (χ3n) is 8.07. The highest BCUT2D eigenvalue weighted by molar-refractivity contribution is 7.97. The minimum atomic E-state index is -4.86. The first-order valence-electron chi connectivity index (χ1n) is 18.1. The van der Waals surface area contributed by atoms with Gasteiger partial charge in [0.1, 0.15) is 10.1 Å². The van der Waals surface area contributed by atoms with Gasteiger partial charge in [-0.3, -0.25) is 0 Å². The lowest BCUT2D eigenvalue weighted by Gasteiger charge is -2.12. The van der Waals surface area contributed by atoms with E-state index in [0.29, 0.717) is 12.8 Å². The SMILES string of the molecule is CCCCCCCCOC(=O)c1cc(C(=O)OCCCCCCCC)cc(S(=O)(=O)[O-])c1.c1ccc([S+](c2ccccc2)c2ccccc2)cc1. The zero-order valence-electron chi connectivity index (χ0n) is 30.0. The van der Waals surface area contributed by atoms with E-state index in [-0.39, 0.29) is 35.2 Å². The van der Waals surface area contributed by atoms with Crippen molar-refractivity contribution in [3.8, 4) is 0 Å². The first-order valence-corrected chi connectivity index (χ1v) is 20.7. The van der Waals surface area contributed by atoms with E-state index in [2.05, 4.69) is 105 Å². The number of rotatable bonds is 20. The second-order valence-electron chi connectivity index (χ2n) is 12.3. The zero-order valence-corrected chi connectivity index (χ0v) is 31.6. The molecule has 0 N–H and O–H groups in total. The molecule has 0 aliphatic carbocycles. The average Bonchev–Trinajstić information content (AvgIpc) is 3.15. The Bertz CT molecular complexity index is 1540. The van der Waals surface area contributed by atoms with Gasteiger partial charge in [0, 0.05) is 0 Å². The molecule has 0 fully saturated rings. The molecule has 0 saturated heterocycles. The van der Waals surface area contributed by atoms with Crippen LogP contribution in [0.25, 0.3) is 0 Å². The highest BCUT2D eigenvalue weighted by atomic mass is 32.2. The molecule has 0 radical (unpaired) electrons. The Morgan fingerprint density at radius 3 is 1.20 bits per heavy atom. The highest BCUT2D eigenvalue weighted by Gasteiger charge is 2.27. The van der Waals surface area contributed by atoms with E-state index >= 15 is 0 Å². The lowest BCUT2D eigenvalue weighted by atomic mass is 10.1. The van der Waals surface area contributed by atoms with Crippen LogP contribution in [-0.2, 0) is 30.5 Å². The standard InChI is InChI=1S/C24H38O7S.C18H15S/c1-3-5-7-9-11-13-15-30-23(25)20-17-21(19-22(18-20)32(27,28)29)24(26)31-16-14-12-10-8-6-4-2;1-4-10-16(11-5-1)19(17-12-6-2-7-13-17)18-14-8-3-9-15-18/h17-19H,3-16H2,1-2H3,(H,27,28,29);1-15H/q;+1/p-1. The summed E-state index contributed by atoms with van der Waals surface area (Å²) in [4.78, 5) is 28.1. The van der Waals surface area contributed by atoms with Crippen LogP contribution >= 0.6 is 0 Å². The maximum Gasteiger partial charge on any atom is 0.338 e. The van der Waals surface area contributed by atoms with E-state index in [9.17, 15) is 22.6 Å². The number of benzene rings is 4. The molecule has 0 saturated carbocycles. The highest BCUT2D eigenvalue weighted by Crippen LogP contribution is 2.30. The third kappa shape index (κ3) is 15.5. The molecule has 0 aromatic heterocycles. The van der Waals surface area contributed by atoms with Crippen molar-refractivity contribution in [1.29, 1.82) is 0 Å². The fraction of sp³-hybridized carbons (Fsp3) is 0.381. The Hall–Kier alpha value is -3.92. The molecule has 4 rings (SSSR count). The minimum absolute atomic E-state index is 0.0146. The van der Waals surface area contributed by atoms with Gasteiger partial charge in [-0.1, -0.05) is 133 Å². The van der Waals surface area contributed by atoms with E-state index < -0.39 is 27.0 Å². The van der Waals surface area contributed by atoms with Gasteiger partial charge in [0.25, 0.3) is 0 Å². The second-order valence-corrected chi connectivity index (χ2v) is 15.7. The Morgan fingerprint density at radius 1 is 0.529 bits per heavy atom. The Morgan fingerprint density at radius 2 is 0.863 bits per heavy atom. The summed E-state index contributed by atoms with van der Waals surface area (Å²) in [5.74, 6) is -1.54. The molecule has 0 bridgehead atoms. The van der Waals surface area contributed by atoms with E-state index in [1.54, 1.807) is 0 Å². The monoisotopic (exact) mass is 732 g/mol. The smallest absolute Gasteiger partial charge is 0.338 e. The van der Waals surface area contributed by atoms with Crippen molar-refractivity contribution >= 4 is 33.0 Å². The predicted molar refractivity (Wildman–Crippen MR) is 203 cm³/mol. The fourth-order valence-corrected chi connectivity index (χ4v) is 7.97. The van der Waals surface area contributed by atoms with Crippen LogP contribution in [0.15, 0.2) is 129 Å². The molecule has 0 aliphatic rings. The number of esters is 2. The van der Waals surface area contributed by atoms with Gasteiger partial charge in [-0.25, -0.2) is 18.0 Å². The zero-order chi connectivity index (χ0) is 36.7. The Labute approximate surface area is 307 Å².